The standard InChI is InChI=1S/C25H29ClN4O2/c1-17(2)29(24(32)18-9-7-6-8-10-18)16-23(31)27-22-15-21(25(3,4)5)28-30(22)20-13-11-19(26)12-14-20/h6-15,17H,16H2,1-5H3,(H,27,31). The maximum atomic E-state index is 13.0. The third kappa shape index (κ3) is 5.56. The van der Waals surface area contributed by atoms with Crippen LogP contribution in [-0.4, -0.2) is 39.1 Å². The van der Waals surface area contributed by atoms with E-state index in [2.05, 4.69) is 26.1 Å². The molecule has 1 aromatic heterocycles. The van der Waals surface area contributed by atoms with E-state index in [1.165, 1.54) is 0 Å². The molecule has 7 heteroatoms. The van der Waals surface area contributed by atoms with Crippen LogP contribution in [0.25, 0.3) is 5.69 Å². The van der Waals surface area contributed by atoms with Gasteiger partial charge in [-0.05, 0) is 50.2 Å². The van der Waals surface area contributed by atoms with Crippen LogP contribution in [0, 0.1) is 0 Å². The number of hydrogen-bond donors (Lipinski definition) is 1. The van der Waals surface area contributed by atoms with E-state index in [4.69, 9.17) is 16.7 Å². The second-order valence-electron chi connectivity index (χ2n) is 8.99. The highest BCUT2D eigenvalue weighted by Gasteiger charge is 2.24. The fourth-order valence-corrected chi connectivity index (χ4v) is 3.31. The quantitative estimate of drug-likeness (QED) is 0.550. The first-order valence-corrected chi connectivity index (χ1v) is 11.0. The van der Waals surface area contributed by atoms with Crippen molar-refractivity contribution in [2.75, 3.05) is 11.9 Å². The first-order valence-electron chi connectivity index (χ1n) is 10.6. The SMILES string of the molecule is CC(C)N(CC(=O)Nc1cc(C(C)(C)C)nn1-c1ccc(Cl)cc1)C(=O)c1ccccc1. The van der Waals surface area contributed by atoms with E-state index in [0.717, 1.165) is 11.4 Å². The molecule has 0 radical (unpaired) electrons. The predicted octanol–water partition coefficient (Wildman–Crippen LogP) is 5.31. The Kier molecular flexibility index (Phi) is 7.04. The van der Waals surface area contributed by atoms with Gasteiger partial charge in [-0.25, -0.2) is 4.68 Å². The summed E-state index contributed by atoms with van der Waals surface area (Å²) in [4.78, 5) is 27.5. The molecule has 168 valence electrons. The van der Waals surface area contributed by atoms with E-state index in [1.54, 1.807) is 33.8 Å². The molecule has 0 aliphatic heterocycles. The number of nitrogens with one attached hydrogen (secondary N) is 1. The van der Waals surface area contributed by atoms with Crippen molar-refractivity contribution in [2.24, 2.45) is 0 Å². The van der Waals surface area contributed by atoms with Gasteiger partial charge in [0.15, 0.2) is 0 Å². The summed E-state index contributed by atoms with van der Waals surface area (Å²) in [6.45, 7) is 9.90. The van der Waals surface area contributed by atoms with Gasteiger partial charge in [-0.15, -0.1) is 0 Å². The predicted molar refractivity (Wildman–Crippen MR) is 129 cm³/mol. The molecule has 0 saturated carbocycles. The molecule has 1 heterocycles. The summed E-state index contributed by atoms with van der Waals surface area (Å²) in [5.41, 5.74) is 1.96. The number of anilines is 1. The number of carbonyl (C=O) groups is 2. The molecule has 3 rings (SSSR count). The molecular formula is C25H29ClN4O2. The Morgan fingerprint density at radius 2 is 1.69 bits per heavy atom. The van der Waals surface area contributed by atoms with Crippen molar-refractivity contribution < 1.29 is 9.59 Å². The topological polar surface area (TPSA) is 67.2 Å². The summed E-state index contributed by atoms with van der Waals surface area (Å²) >= 11 is 6.03. The van der Waals surface area contributed by atoms with Crippen LogP contribution in [0.15, 0.2) is 60.7 Å². The molecule has 0 unspecified atom stereocenters. The van der Waals surface area contributed by atoms with Crippen LogP contribution < -0.4 is 5.32 Å². The van der Waals surface area contributed by atoms with E-state index in [1.807, 2.05) is 50.2 Å². The maximum Gasteiger partial charge on any atom is 0.254 e. The van der Waals surface area contributed by atoms with Gasteiger partial charge in [-0.2, -0.15) is 5.10 Å². The summed E-state index contributed by atoms with van der Waals surface area (Å²) in [6, 6.07) is 17.9. The highest BCUT2D eigenvalue weighted by atomic mass is 35.5. The molecule has 3 aromatic rings. The summed E-state index contributed by atoms with van der Waals surface area (Å²) in [7, 11) is 0. The average Bonchev–Trinajstić information content (AvgIpc) is 3.16. The summed E-state index contributed by atoms with van der Waals surface area (Å²) < 4.78 is 1.69. The minimum Gasteiger partial charge on any atom is -0.327 e. The van der Waals surface area contributed by atoms with Crippen LogP contribution in [0.5, 0.6) is 0 Å². The van der Waals surface area contributed by atoms with Crippen molar-refractivity contribution in [3.05, 3.63) is 76.9 Å². The van der Waals surface area contributed by atoms with Crippen molar-refractivity contribution in [3.8, 4) is 5.69 Å². The van der Waals surface area contributed by atoms with Gasteiger partial charge in [0.2, 0.25) is 5.91 Å². The maximum absolute atomic E-state index is 13.0. The lowest BCUT2D eigenvalue weighted by Crippen LogP contribution is -2.42. The van der Waals surface area contributed by atoms with Crippen molar-refractivity contribution in [1.29, 1.82) is 0 Å². The number of rotatable bonds is 6. The molecule has 0 spiro atoms. The number of aromatic nitrogens is 2. The number of nitrogens with zero attached hydrogens (tertiary/aromatic N) is 3. The number of hydrogen-bond acceptors (Lipinski definition) is 3. The smallest absolute Gasteiger partial charge is 0.254 e. The van der Waals surface area contributed by atoms with Gasteiger partial charge in [-0.3, -0.25) is 9.59 Å². The highest BCUT2D eigenvalue weighted by Crippen LogP contribution is 2.27. The molecule has 0 fully saturated rings. The van der Waals surface area contributed by atoms with Gasteiger partial charge < -0.3 is 10.2 Å². The Morgan fingerprint density at radius 1 is 1.06 bits per heavy atom. The molecule has 0 atom stereocenters. The van der Waals surface area contributed by atoms with Gasteiger partial charge in [-0.1, -0.05) is 50.6 Å². The minimum absolute atomic E-state index is 0.0674. The van der Waals surface area contributed by atoms with Gasteiger partial charge in [0, 0.05) is 28.1 Å². The Balaban J connectivity index is 1.86. The Hall–Kier alpha value is -3.12. The van der Waals surface area contributed by atoms with Gasteiger partial charge >= 0.3 is 0 Å². The molecule has 32 heavy (non-hydrogen) atoms. The fourth-order valence-electron chi connectivity index (χ4n) is 3.19. The summed E-state index contributed by atoms with van der Waals surface area (Å²) in [6.07, 6.45) is 0. The lowest BCUT2D eigenvalue weighted by atomic mass is 9.92. The number of carbonyl (C=O) groups excluding carboxylic acids is 2. The zero-order chi connectivity index (χ0) is 23.5. The second-order valence-corrected chi connectivity index (χ2v) is 9.43. The summed E-state index contributed by atoms with van der Waals surface area (Å²) in [5.74, 6) is 0.0639. The first-order chi connectivity index (χ1) is 15.1. The second kappa shape index (κ2) is 9.57. The van der Waals surface area contributed by atoms with E-state index in [-0.39, 0.29) is 29.8 Å². The normalized spacial score (nSPS) is 11.5. The number of amides is 2. The van der Waals surface area contributed by atoms with Crippen LogP contribution in [0.1, 0.15) is 50.7 Å². The number of halogens is 1. The van der Waals surface area contributed by atoms with Crippen LogP contribution in [0.4, 0.5) is 5.82 Å². The lowest BCUT2D eigenvalue weighted by Gasteiger charge is -2.26. The molecule has 0 aliphatic carbocycles. The third-order valence-corrected chi connectivity index (χ3v) is 5.29. The van der Waals surface area contributed by atoms with Crippen molar-refractivity contribution in [3.63, 3.8) is 0 Å². The number of benzene rings is 2. The van der Waals surface area contributed by atoms with Crippen LogP contribution >= 0.6 is 11.6 Å². The highest BCUT2D eigenvalue weighted by molar-refractivity contribution is 6.30. The fraction of sp³-hybridized carbons (Fsp3) is 0.320. The van der Waals surface area contributed by atoms with E-state index in [9.17, 15) is 9.59 Å². The molecule has 6 nitrogen and oxygen atoms in total. The van der Waals surface area contributed by atoms with E-state index >= 15 is 0 Å². The van der Waals surface area contributed by atoms with E-state index in [0.29, 0.717) is 16.4 Å². The van der Waals surface area contributed by atoms with E-state index < -0.39 is 0 Å². The zero-order valence-corrected chi connectivity index (χ0v) is 19.8. The van der Waals surface area contributed by atoms with Crippen LogP contribution in [0.3, 0.4) is 0 Å². The Bertz CT molecular complexity index is 1080. The Morgan fingerprint density at radius 3 is 2.25 bits per heavy atom. The minimum atomic E-state index is -0.293. The molecule has 2 aromatic carbocycles. The molecule has 2 amide bonds. The Labute approximate surface area is 194 Å². The lowest BCUT2D eigenvalue weighted by molar-refractivity contribution is -0.117. The van der Waals surface area contributed by atoms with Crippen LogP contribution in [0.2, 0.25) is 5.02 Å². The third-order valence-electron chi connectivity index (χ3n) is 5.04. The zero-order valence-electron chi connectivity index (χ0n) is 19.1. The summed E-state index contributed by atoms with van der Waals surface area (Å²) in [5, 5.41) is 8.27. The van der Waals surface area contributed by atoms with Crippen molar-refractivity contribution in [2.45, 2.75) is 46.1 Å². The molecule has 0 bridgehead atoms. The molecule has 0 aliphatic rings. The average molecular weight is 453 g/mol. The monoisotopic (exact) mass is 452 g/mol. The van der Waals surface area contributed by atoms with Gasteiger partial charge in [0.05, 0.1) is 11.4 Å². The molecule has 1 N–H and O–H groups in total. The molecule has 0 saturated heterocycles. The van der Waals surface area contributed by atoms with Crippen molar-refractivity contribution in [1.82, 2.24) is 14.7 Å². The van der Waals surface area contributed by atoms with Crippen molar-refractivity contribution >= 4 is 29.2 Å². The molecular weight excluding hydrogens is 424 g/mol. The van der Waals surface area contributed by atoms with Crippen LogP contribution in [-0.2, 0) is 10.2 Å². The van der Waals surface area contributed by atoms with Gasteiger partial charge in [0.25, 0.3) is 5.91 Å². The first kappa shape index (κ1) is 23.5. The largest absolute Gasteiger partial charge is 0.327 e. The van der Waals surface area contributed by atoms with Gasteiger partial charge in [0.1, 0.15) is 12.4 Å².